The van der Waals surface area contributed by atoms with Crippen molar-refractivity contribution in [1.29, 1.82) is 0 Å². The van der Waals surface area contributed by atoms with Crippen molar-refractivity contribution in [2.24, 2.45) is 5.73 Å². The van der Waals surface area contributed by atoms with Gasteiger partial charge in [-0.25, -0.2) is 0 Å². The van der Waals surface area contributed by atoms with E-state index in [0.29, 0.717) is 26.1 Å². The lowest BCUT2D eigenvalue weighted by molar-refractivity contribution is -0.143. The Morgan fingerprint density at radius 3 is 2.95 bits per heavy atom. The minimum atomic E-state index is -0.182. The largest absolute Gasteiger partial charge is 0.496 e. The van der Waals surface area contributed by atoms with Crippen molar-refractivity contribution in [3.8, 4) is 5.75 Å². The van der Waals surface area contributed by atoms with E-state index in [1.54, 1.807) is 14.0 Å². The molecule has 0 aromatic heterocycles. The minimum Gasteiger partial charge on any atom is -0.496 e. The van der Waals surface area contributed by atoms with Gasteiger partial charge in [0.15, 0.2) is 0 Å². The van der Waals surface area contributed by atoms with Crippen molar-refractivity contribution < 1.29 is 19.0 Å². The third-order valence-electron chi connectivity index (χ3n) is 3.65. The summed E-state index contributed by atoms with van der Waals surface area (Å²) in [5.41, 5.74) is 8.39. The Balaban J connectivity index is 1.89. The summed E-state index contributed by atoms with van der Waals surface area (Å²) in [6.07, 6.45) is 1.64. The number of esters is 1. The molecule has 0 amide bonds. The fraction of sp³-hybridized carbons (Fsp3) is 0.562. The van der Waals surface area contributed by atoms with Crippen molar-refractivity contribution in [1.82, 2.24) is 0 Å². The number of rotatable bonds is 7. The summed E-state index contributed by atoms with van der Waals surface area (Å²) in [5, 5.41) is 0. The standard InChI is InChI=1S/C16H23NO4/c1-3-20-15(18)8-5-9-21-16-11-6-4-7-14(19-2)12(11)10-13(16)17/h4,6-7,13,16H,3,5,8-10,17H2,1-2H3. The maximum Gasteiger partial charge on any atom is 0.305 e. The van der Waals surface area contributed by atoms with E-state index in [4.69, 9.17) is 19.9 Å². The number of fused-ring (bicyclic) bond motifs is 1. The zero-order valence-corrected chi connectivity index (χ0v) is 12.6. The average molecular weight is 293 g/mol. The summed E-state index contributed by atoms with van der Waals surface area (Å²) in [7, 11) is 1.66. The molecule has 5 heteroatoms. The number of nitrogens with two attached hydrogens (primary N) is 1. The van der Waals surface area contributed by atoms with Crippen LogP contribution in [-0.4, -0.2) is 32.3 Å². The second kappa shape index (κ2) is 7.43. The van der Waals surface area contributed by atoms with Crippen molar-refractivity contribution >= 4 is 5.97 Å². The van der Waals surface area contributed by atoms with Gasteiger partial charge in [0, 0.05) is 24.6 Å². The quantitative estimate of drug-likeness (QED) is 0.615. The van der Waals surface area contributed by atoms with Gasteiger partial charge in [-0.1, -0.05) is 12.1 Å². The van der Waals surface area contributed by atoms with Crippen LogP contribution in [-0.2, 0) is 20.7 Å². The molecule has 1 aromatic carbocycles. The molecule has 1 aliphatic rings. The van der Waals surface area contributed by atoms with Crippen molar-refractivity contribution in [2.45, 2.75) is 38.3 Å². The monoisotopic (exact) mass is 293 g/mol. The summed E-state index contributed by atoms with van der Waals surface area (Å²) >= 11 is 0. The van der Waals surface area contributed by atoms with Crippen LogP contribution in [0.1, 0.15) is 37.0 Å². The molecule has 2 unspecified atom stereocenters. The lowest BCUT2D eigenvalue weighted by atomic mass is 10.1. The molecule has 0 fully saturated rings. The van der Waals surface area contributed by atoms with Crippen LogP contribution in [0.4, 0.5) is 0 Å². The Morgan fingerprint density at radius 1 is 1.43 bits per heavy atom. The molecule has 0 bridgehead atoms. The SMILES string of the molecule is CCOC(=O)CCCOC1c2cccc(OC)c2CC1N. The van der Waals surface area contributed by atoms with Crippen LogP contribution >= 0.6 is 0 Å². The van der Waals surface area contributed by atoms with E-state index >= 15 is 0 Å². The molecule has 0 heterocycles. The van der Waals surface area contributed by atoms with E-state index in [-0.39, 0.29) is 18.1 Å². The molecule has 0 radical (unpaired) electrons. The lowest BCUT2D eigenvalue weighted by Crippen LogP contribution is -2.27. The Labute approximate surface area is 125 Å². The number of hydrogen-bond donors (Lipinski definition) is 1. The van der Waals surface area contributed by atoms with Crippen LogP contribution in [0, 0.1) is 0 Å². The van der Waals surface area contributed by atoms with Gasteiger partial charge in [-0.05, 0) is 31.4 Å². The van der Waals surface area contributed by atoms with Gasteiger partial charge in [0.2, 0.25) is 0 Å². The zero-order valence-electron chi connectivity index (χ0n) is 12.6. The Bertz CT molecular complexity index is 489. The molecule has 0 saturated heterocycles. The smallest absolute Gasteiger partial charge is 0.305 e. The van der Waals surface area contributed by atoms with Gasteiger partial charge in [-0.3, -0.25) is 4.79 Å². The van der Waals surface area contributed by atoms with Gasteiger partial charge in [-0.15, -0.1) is 0 Å². The molecule has 1 aromatic rings. The summed E-state index contributed by atoms with van der Waals surface area (Å²) in [6, 6.07) is 5.85. The second-order valence-electron chi connectivity index (χ2n) is 5.10. The van der Waals surface area contributed by atoms with Gasteiger partial charge in [0.25, 0.3) is 0 Å². The average Bonchev–Trinajstić information content (AvgIpc) is 2.79. The fourth-order valence-electron chi connectivity index (χ4n) is 2.71. The van der Waals surface area contributed by atoms with E-state index in [9.17, 15) is 4.79 Å². The number of ether oxygens (including phenoxy) is 3. The highest BCUT2D eigenvalue weighted by Gasteiger charge is 2.32. The predicted molar refractivity (Wildman–Crippen MR) is 79.2 cm³/mol. The molecule has 2 N–H and O–H groups in total. The first kappa shape index (κ1) is 15.8. The van der Waals surface area contributed by atoms with E-state index in [0.717, 1.165) is 23.3 Å². The first-order chi connectivity index (χ1) is 10.2. The van der Waals surface area contributed by atoms with Gasteiger partial charge in [-0.2, -0.15) is 0 Å². The molecule has 2 rings (SSSR count). The highest BCUT2D eigenvalue weighted by Crippen LogP contribution is 2.38. The topological polar surface area (TPSA) is 70.8 Å². The maximum absolute atomic E-state index is 11.3. The van der Waals surface area contributed by atoms with Crippen molar-refractivity contribution in [3.05, 3.63) is 29.3 Å². The van der Waals surface area contributed by atoms with Crippen molar-refractivity contribution in [3.63, 3.8) is 0 Å². The van der Waals surface area contributed by atoms with Crippen molar-refractivity contribution in [2.75, 3.05) is 20.3 Å². The van der Waals surface area contributed by atoms with E-state index < -0.39 is 0 Å². The molecular weight excluding hydrogens is 270 g/mol. The molecule has 5 nitrogen and oxygen atoms in total. The van der Waals surface area contributed by atoms with Crippen LogP contribution in [0.15, 0.2) is 18.2 Å². The fourth-order valence-corrected chi connectivity index (χ4v) is 2.71. The molecule has 1 aliphatic carbocycles. The molecular formula is C16H23NO4. The normalized spacial score (nSPS) is 20.1. The van der Waals surface area contributed by atoms with E-state index in [1.807, 2.05) is 18.2 Å². The summed E-state index contributed by atoms with van der Waals surface area (Å²) in [4.78, 5) is 11.3. The third kappa shape index (κ3) is 3.74. The lowest BCUT2D eigenvalue weighted by Gasteiger charge is -2.17. The second-order valence-corrected chi connectivity index (χ2v) is 5.10. The van der Waals surface area contributed by atoms with Crippen LogP contribution < -0.4 is 10.5 Å². The highest BCUT2D eigenvalue weighted by atomic mass is 16.5. The summed E-state index contributed by atoms with van der Waals surface area (Å²) < 4.78 is 16.1. The number of carbonyl (C=O) groups excluding carboxylic acids is 1. The Hall–Kier alpha value is -1.59. The molecule has 21 heavy (non-hydrogen) atoms. The Kier molecular flexibility index (Phi) is 5.59. The van der Waals surface area contributed by atoms with E-state index in [1.165, 1.54) is 0 Å². The highest BCUT2D eigenvalue weighted by molar-refractivity contribution is 5.69. The Morgan fingerprint density at radius 2 is 2.24 bits per heavy atom. The molecule has 0 saturated carbocycles. The molecule has 2 atom stereocenters. The maximum atomic E-state index is 11.3. The minimum absolute atomic E-state index is 0.0705. The van der Waals surface area contributed by atoms with Crippen LogP contribution in [0.3, 0.4) is 0 Å². The molecule has 0 spiro atoms. The molecule has 116 valence electrons. The van der Waals surface area contributed by atoms with Gasteiger partial charge in [0.05, 0.1) is 19.8 Å². The van der Waals surface area contributed by atoms with Gasteiger partial charge < -0.3 is 19.9 Å². The summed E-state index contributed by atoms with van der Waals surface area (Å²) in [5.74, 6) is 0.680. The number of methoxy groups -OCH3 is 1. The number of hydrogen-bond acceptors (Lipinski definition) is 5. The first-order valence-corrected chi connectivity index (χ1v) is 7.36. The van der Waals surface area contributed by atoms with Crippen LogP contribution in [0.5, 0.6) is 5.75 Å². The summed E-state index contributed by atoms with van der Waals surface area (Å²) in [6.45, 7) is 2.71. The van der Waals surface area contributed by atoms with Crippen LogP contribution in [0.25, 0.3) is 0 Å². The first-order valence-electron chi connectivity index (χ1n) is 7.36. The number of carbonyl (C=O) groups is 1. The molecule has 0 aliphatic heterocycles. The van der Waals surface area contributed by atoms with Crippen LogP contribution in [0.2, 0.25) is 0 Å². The third-order valence-corrected chi connectivity index (χ3v) is 3.65. The van der Waals surface area contributed by atoms with Gasteiger partial charge in [0.1, 0.15) is 5.75 Å². The van der Waals surface area contributed by atoms with E-state index in [2.05, 4.69) is 0 Å². The predicted octanol–water partition coefficient (Wildman–Crippen LogP) is 1.98. The number of benzene rings is 1. The van der Waals surface area contributed by atoms with Gasteiger partial charge >= 0.3 is 5.97 Å². The zero-order chi connectivity index (χ0) is 15.2.